The van der Waals surface area contributed by atoms with Crippen LogP contribution < -0.4 is 10.5 Å². The van der Waals surface area contributed by atoms with Gasteiger partial charge >= 0.3 is 0 Å². The standard InChI is InChI=1S/C25H25N3O3/c26-25(30)19-13-11-18(12-14-19)22-9-4-10-23(27-22)20-6-5-15-28(16-20)24(29)17-31-21-7-2-1-3-8-21/h1-4,7-14,20H,5-6,15-17H2,(H2,26,30)/t20-/m0/s1. The first-order valence-corrected chi connectivity index (χ1v) is 10.4. The van der Waals surface area contributed by atoms with Crippen molar-refractivity contribution < 1.29 is 14.3 Å². The van der Waals surface area contributed by atoms with E-state index in [-0.39, 0.29) is 18.4 Å². The molecule has 2 heterocycles. The normalized spacial score (nSPS) is 16.0. The number of primary amides is 1. The number of carbonyl (C=O) groups excluding carboxylic acids is 2. The molecule has 1 aromatic heterocycles. The molecule has 1 aliphatic heterocycles. The maximum absolute atomic E-state index is 12.7. The number of piperidine rings is 1. The van der Waals surface area contributed by atoms with Crippen LogP contribution in [-0.2, 0) is 4.79 Å². The van der Waals surface area contributed by atoms with E-state index in [2.05, 4.69) is 0 Å². The third-order valence-electron chi connectivity index (χ3n) is 5.53. The lowest BCUT2D eigenvalue weighted by Crippen LogP contribution is -2.41. The lowest BCUT2D eigenvalue weighted by atomic mass is 9.93. The zero-order valence-electron chi connectivity index (χ0n) is 17.2. The molecule has 31 heavy (non-hydrogen) atoms. The number of hydrogen-bond donors (Lipinski definition) is 1. The minimum absolute atomic E-state index is 0.00764. The first-order valence-electron chi connectivity index (χ1n) is 10.4. The molecule has 0 aliphatic carbocycles. The molecule has 1 aliphatic rings. The Balaban J connectivity index is 1.42. The SMILES string of the molecule is NC(=O)c1ccc(-c2cccc([C@H]3CCCN(C(=O)COc4ccccc4)C3)n2)cc1. The van der Waals surface area contributed by atoms with Gasteiger partial charge in [0, 0.05) is 35.8 Å². The highest BCUT2D eigenvalue weighted by molar-refractivity contribution is 5.93. The van der Waals surface area contributed by atoms with E-state index in [0.29, 0.717) is 17.9 Å². The molecule has 0 radical (unpaired) electrons. The summed E-state index contributed by atoms with van der Waals surface area (Å²) in [7, 11) is 0. The van der Waals surface area contributed by atoms with Crippen molar-refractivity contribution in [2.45, 2.75) is 18.8 Å². The van der Waals surface area contributed by atoms with Crippen molar-refractivity contribution in [3.8, 4) is 17.0 Å². The highest BCUT2D eigenvalue weighted by Gasteiger charge is 2.26. The summed E-state index contributed by atoms with van der Waals surface area (Å²) in [6.45, 7) is 1.41. The summed E-state index contributed by atoms with van der Waals surface area (Å²) in [6.07, 6.45) is 1.92. The van der Waals surface area contributed by atoms with Gasteiger partial charge in [-0.3, -0.25) is 14.6 Å². The van der Waals surface area contributed by atoms with Gasteiger partial charge < -0.3 is 15.4 Å². The average Bonchev–Trinajstić information content (AvgIpc) is 2.83. The largest absolute Gasteiger partial charge is 0.484 e. The number of nitrogens with two attached hydrogens (primary N) is 1. The Kier molecular flexibility index (Phi) is 6.26. The Labute approximate surface area is 181 Å². The van der Waals surface area contributed by atoms with Crippen molar-refractivity contribution in [1.82, 2.24) is 9.88 Å². The third kappa shape index (κ3) is 5.09. The quantitative estimate of drug-likeness (QED) is 0.666. The summed E-state index contributed by atoms with van der Waals surface area (Å²) in [5.41, 5.74) is 8.52. The monoisotopic (exact) mass is 415 g/mol. The zero-order chi connectivity index (χ0) is 21.6. The minimum atomic E-state index is -0.448. The van der Waals surface area contributed by atoms with Crippen molar-refractivity contribution in [3.05, 3.63) is 84.1 Å². The Bertz CT molecular complexity index is 1050. The molecule has 3 aromatic rings. The molecular weight excluding hydrogens is 390 g/mol. The summed E-state index contributed by atoms with van der Waals surface area (Å²) in [5.74, 6) is 0.420. The predicted molar refractivity (Wildman–Crippen MR) is 119 cm³/mol. The molecule has 0 unspecified atom stereocenters. The van der Waals surface area contributed by atoms with Gasteiger partial charge in [0.1, 0.15) is 5.75 Å². The number of benzene rings is 2. The van der Waals surface area contributed by atoms with Gasteiger partial charge in [-0.1, -0.05) is 36.4 Å². The number of para-hydroxylation sites is 1. The summed E-state index contributed by atoms with van der Waals surface area (Å²) < 4.78 is 5.63. The van der Waals surface area contributed by atoms with Crippen LogP contribution in [0.2, 0.25) is 0 Å². The molecule has 0 spiro atoms. The van der Waals surface area contributed by atoms with Crippen LogP contribution in [0.25, 0.3) is 11.3 Å². The minimum Gasteiger partial charge on any atom is -0.484 e. The second-order valence-corrected chi connectivity index (χ2v) is 7.67. The zero-order valence-corrected chi connectivity index (χ0v) is 17.2. The van der Waals surface area contributed by atoms with Crippen LogP contribution in [0.1, 0.15) is 34.8 Å². The van der Waals surface area contributed by atoms with Gasteiger partial charge in [-0.05, 0) is 49.2 Å². The Morgan fingerprint density at radius 1 is 1.00 bits per heavy atom. The fraction of sp³-hybridized carbons (Fsp3) is 0.240. The highest BCUT2D eigenvalue weighted by atomic mass is 16.5. The summed E-state index contributed by atoms with van der Waals surface area (Å²) in [4.78, 5) is 30.7. The van der Waals surface area contributed by atoms with E-state index < -0.39 is 5.91 Å². The molecule has 2 amide bonds. The molecule has 1 atom stereocenters. The fourth-order valence-electron chi connectivity index (χ4n) is 3.84. The molecule has 2 aromatic carbocycles. The third-order valence-corrected chi connectivity index (χ3v) is 5.53. The van der Waals surface area contributed by atoms with E-state index in [9.17, 15) is 9.59 Å². The lowest BCUT2D eigenvalue weighted by Gasteiger charge is -2.32. The molecular formula is C25H25N3O3. The number of nitrogens with zero attached hydrogens (tertiary/aromatic N) is 2. The van der Waals surface area contributed by atoms with Crippen LogP contribution in [0.5, 0.6) is 5.75 Å². The van der Waals surface area contributed by atoms with Gasteiger partial charge in [-0.2, -0.15) is 0 Å². The number of pyridine rings is 1. The first-order chi connectivity index (χ1) is 15.1. The fourth-order valence-corrected chi connectivity index (χ4v) is 3.84. The smallest absolute Gasteiger partial charge is 0.260 e. The van der Waals surface area contributed by atoms with E-state index in [0.717, 1.165) is 36.3 Å². The van der Waals surface area contributed by atoms with E-state index in [1.807, 2.05) is 65.6 Å². The van der Waals surface area contributed by atoms with E-state index in [4.69, 9.17) is 15.5 Å². The van der Waals surface area contributed by atoms with Gasteiger partial charge in [-0.15, -0.1) is 0 Å². The lowest BCUT2D eigenvalue weighted by molar-refractivity contribution is -0.134. The van der Waals surface area contributed by atoms with Crippen molar-refractivity contribution >= 4 is 11.8 Å². The van der Waals surface area contributed by atoms with E-state index in [1.165, 1.54) is 0 Å². The molecule has 158 valence electrons. The number of amides is 2. The molecule has 6 nitrogen and oxygen atoms in total. The van der Waals surface area contributed by atoms with Gasteiger partial charge in [0.05, 0.1) is 5.69 Å². The Morgan fingerprint density at radius 2 is 1.77 bits per heavy atom. The van der Waals surface area contributed by atoms with Crippen molar-refractivity contribution in [2.75, 3.05) is 19.7 Å². The summed E-state index contributed by atoms with van der Waals surface area (Å²) >= 11 is 0. The van der Waals surface area contributed by atoms with Crippen LogP contribution >= 0.6 is 0 Å². The molecule has 0 bridgehead atoms. The number of rotatable bonds is 6. The van der Waals surface area contributed by atoms with Crippen LogP contribution in [0.15, 0.2) is 72.8 Å². The molecule has 1 saturated heterocycles. The topological polar surface area (TPSA) is 85.5 Å². The molecule has 4 rings (SSSR count). The van der Waals surface area contributed by atoms with Gasteiger partial charge in [0.25, 0.3) is 5.91 Å². The number of carbonyl (C=O) groups is 2. The molecule has 6 heteroatoms. The van der Waals surface area contributed by atoms with Crippen molar-refractivity contribution in [2.24, 2.45) is 5.73 Å². The number of hydrogen-bond acceptors (Lipinski definition) is 4. The van der Waals surface area contributed by atoms with Gasteiger partial charge in [0.2, 0.25) is 5.91 Å². The number of aromatic nitrogens is 1. The van der Waals surface area contributed by atoms with Crippen molar-refractivity contribution in [1.29, 1.82) is 0 Å². The number of likely N-dealkylation sites (tertiary alicyclic amines) is 1. The highest BCUT2D eigenvalue weighted by Crippen LogP contribution is 2.28. The Morgan fingerprint density at radius 3 is 2.52 bits per heavy atom. The summed E-state index contributed by atoms with van der Waals surface area (Å²) in [5, 5.41) is 0. The Hall–Kier alpha value is -3.67. The molecule has 1 fully saturated rings. The maximum Gasteiger partial charge on any atom is 0.260 e. The molecule has 0 saturated carbocycles. The molecule has 2 N–H and O–H groups in total. The number of ether oxygens (including phenoxy) is 1. The van der Waals surface area contributed by atoms with Crippen LogP contribution in [-0.4, -0.2) is 41.4 Å². The average molecular weight is 415 g/mol. The van der Waals surface area contributed by atoms with E-state index >= 15 is 0 Å². The van der Waals surface area contributed by atoms with Crippen LogP contribution in [0.4, 0.5) is 0 Å². The van der Waals surface area contributed by atoms with Crippen LogP contribution in [0.3, 0.4) is 0 Å². The second kappa shape index (κ2) is 9.43. The second-order valence-electron chi connectivity index (χ2n) is 7.67. The van der Waals surface area contributed by atoms with Gasteiger partial charge in [-0.25, -0.2) is 0 Å². The van der Waals surface area contributed by atoms with Gasteiger partial charge in [0.15, 0.2) is 6.61 Å². The predicted octanol–water partition coefficient (Wildman–Crippen LogP) is 3.63. The maximum atomic E-state index is 12.7. The van der Waals surface area contributed by atoms with E-state index in [1.54, 1.807) is 12.1 Å². The first kappa shape index (κ1) is 20.6. The van der Waals surface area contributed by atoms with Crippen molar-refractivity contribution in [3.63, 3.8) is 0 Å². The summed E-state index contributed by atoms with van der Waals surface area (Å²) in [6, 6.07) is 22.4. The van der Waals surface area contributed by atoms with Crippen LogP contribution in [0, 0.1) is 0 Å².